The van der Waals surface area contributed by atoms with Crippen LogP contribution in [0.4, 0.5) is 0 Å². The van der Waals surface area contributed by atoms with Crippen LogP contribution in [-0.2, 0) is 71.2 Å². The summed E-state index contributed by atoms with van der Waals surface area (Å²) in [6, 6.07) is 15.4. The lowest BCUT2D eigenvalue weighted by Crippen LogP contribution is -2.10. The Balaban J connectivity index is 1.84. The van der Waals surface area contributed by atoms with Crippen LogP contribution in [-0.4, -0.2) is 50.6 Å². The predicted molar refractivity (Wildman–Crippen MR) is 195 cm³/mol. The molecule has 0 fully saturated rings. The summed E-state index contributed by atoms with van der Waals surface area (Å²) < 4.78 is 35.3. The van der Waals surface area contributed by atoms with E-state index in [-0.39, 0.29) is 26.4 Å². The fourth-order valence-corrected chi connectivity index (χ4v) is 7.00. The minimum absolute atomic E-state index is 0.00449. The minimum atomic E-state index is -0.550. The molecule has 4 aromatic rings. The Morgan fingerprint density at radius 3 is 0.923 bits per heavy atom. The van der Waals surface area contributed by atoms with Crippen molar-refractivity contribution in [1.82, 2.24) is 0 Å². The third-order valence-corrected chi connectivity index (χ3v) is 9.01. The molecule has 5 rings (SSSR count). The molecule has 0 saturated carbocycles. The second kappa shape index (κ2) is 17.1. The first-order valence-corrected chi connectivity index (χ1v) is 16.7. The van der Waals surface area contributed by atoms with Crippen LogP contribution in [0.2, 0.25) is 0 Å². The second-order valence-electron chi connectivity index (χ2n) is 12.4. The predicted octanol–water partition coefficient (Wildman–Crippen LogP) is 5.84. The average molecular weight is 709 g/mol. The Morgan fingerprint density at radius 2 is 0.731 bits per heavy atom. The molecule has 0 amide bonds. The normalized spacial score (nSPS) is 12.0. The van der Waals surface area contributed by atoms with Crippen LogP contribution in [0.25, 0.3) is 0 Å². The maximum atomic E-state index is 12.1. The maximum Gasteiger partial charge on any atom is 0.330 e. The lowest BCUT2D eigenvalue weighted by Gasteiger charge is -2.23. The highest BCUT2D eigenvalue weighted by Gasteiger charge is 2.24. The van der Waals surface area contributed by atoms with E-state index in [1.54, 1.807) is 28.4 Å². The quantitative estimate of drug-likeness (QED) is 0.120. The zero-order valence-corrected chi connectivity index (χ0v) is 30.0. The highest BCUT2D eigenvalue weighted by atomic mass is 16.5. The molecule has 8 bridgehead atoms. The first-order valence-electron chi connectivity index (χ1n) is 16.7. The van der Waals surface area contributed by atoms with Gasteiger partial charge in [-0.05, 0) is 115 Å². The summed E-state index contributed by atoms with van der Waals surface area (Å²) in [4.78, 5) is 24.2. The van der Waals surface area contributed by atoms with Crippen molar-refractivity contribution in [3.63, 3.8) is 0 Å². The SMILES string of the molecule is C=CC(=O)OCc1cc2c(OC)c(c1)Cc1cc(COC(=O)C=C)cc(c1OC)Cc1cc(CO)cc(c1OC)Cc1cc(CO)cc(c1OC)C2. The van der Waals surface area contributed by atoms with Crippen LogP contribution < -0.4 is 18.9 Å². The number of aliphatic hydroxyl groups is 2. The Hall–Kier alpha value is -5.58. The fourth-order valence-electron chi connectivity index (χ4n) is 7.00. The van der Waals surface area contributed by atoms with E-state index in [1.165, 1.54) is 0 Å². The maximum absolute atomic E-state index is 12.1. The molecule has 0 radical (unpaired) electrons. The van der Waals surface area contributed by atoms with Gasteiger partial charge in [0.05, 0.1) is 41.7 Å². The molecule has 0 aromatic heterocycles. The summed E-state index contributed by atoms with van der Waals surface area (Å²) in [5, 5.41) is 20.7. The second-order valence-corrected chi connectivity index (χ2v) is 12.4. The van der Waals surface area contributed by atoms with Crippen LogP contribution in [0.5, 0.6) is 23.0 Å². The summed E-state index contributed by atoms with van der Waals surface area (Å²) in [5.74, 6) is 1.42. The molecule has 0 unspecified atom stereocenters. The molecule has 1 aliphatic rings. The van der Waals surface area contributed by atoms with Crippen LogP contribution in [0.3, 0.4) is 0 Å². The average Bonchev–Trinajstić information content (AvgIpc) is 3.15. The van der Waals surface area contributed by atoms with Crippen molar-refractivity contribution >= 4 is 11.9 Å². The Morgan fingerprint density at radius 1 is 0.500 bits per heavy atom. The molecule has 272 valence electrons. The summed E-state index contributed by atoms with van der Waals surface area (Å²) >= 11 is 0. The van der Waals surface area contributed by atoms with Gasteiger partial charge in [0.1, 0.15) is 36.2 Å². The van der Waals surface area contributed by atoms with Gasteiger partial charge >= 0.3 is 11.9 Å². The van der Waals surface area contributed by atoms with E-state index >= 15 is 0 Å². The van der Waals surface area contributed by atoms with Gasteiger partial charge in [-0.15, -0.1) is 0 Å². The van der Waals surface area contributed by atoms with Crippen molar-refractivity contribution in [2.75, 3.05) is 28.4 Å². The van der Waals surface area contributed by atoms with Gasteiger partial charge in [-0.3, -0.25) is 0 Å². The summed E-state index contributed by atoms with van der Waals surface area (Å²) in [7, 11) is 6.44. The smallest absolute Gasteiger partial charge is 0.330 e. The number of benzene rings is 4. The van der Waals surface area contributed by atoms with Crippen molar-refractivity contribution in [2.45, 2.75) is 52.1 Å². The topological polar surface area (TPSA) is 130 Å². The number of fused-ring (bicyclic) bond motifs is 8. The number of hydrogen-bond acceptors (Lipinski definition) is 10. The number of carbonyl (C=O) groups is 2. The van der Waals surface area contributed by atoms with Crippen LogP contribution in [0.1, 0.15) is 66.8 Å². The van der Waals surface area contributed by atoms with Crippen molar-refractivity contribution in [3.8, 4) is 23.0 Å². The van der Waals surface area contributed by atoms with Gasteiger partial charge in [0.15, 0.2) is 0 Å². The zero-order chi connectivity index (χ0) is 37.4. The molecule has 0 aliphatic heterocycles. The molecule has 2 N–H and O–H groups in total. The van der Waals surface area contributed by atoms with E-state index in [0.717, 1.165) is 67.8 Å². The van der Waals surface area contributed by atoms with Crippen LogP contribution in [0.15, 0.2) is 73.8 Å². The molecule has 52 heavy (non-hydrogen) atoms. The summed E-state index contributed by atoms with van der Waals surface area (Å²) in [6.07, 6.45) is 3.63. The molecule has 1 aliphatic carbocycles. The number of hydrogen-bond donors (Lipinski definition) is 2. The lowest BCUT2D eigenvalue weighted by molar-refractivity contribution is -0.139. The number of esters is 2. The van der Waals surface area contributed by atoms with Crippen molar-refractivity contribution < 1.29 is 48.2 Å². The highest BCUT2D eigenvalue weighted by molar-refractivity contribution is 5.81. The van der Waals surface area contributed by atoms with Crippen molar-refractivity contribution in [2.24, 2.45) is 0 Å². The highest BCUT2D eigenvalue weighted by Crippen LogP contribution is 2.40. The van der Waals surface area contributed by atoms with Gasteiger partial charge < -0.3 is 38.6 Å². The van der Waals surface area contributed by atoms with E-state index in [4.69, 9.17) is 28.4 Å². The number of rotatable bonds is 12. The Kier molecular flexibility index (Phi) is 12.4. The van der Waals surface area contributed by atoms with Crippen LogP contribution in [0, 0.1) is 0 Å². The summed E-state index contributed by atoms with van der Waals surface area (Å²) in [5.41, 5.74) is 9.29. The van der Waals surface area contributed by atoms with Gasteiger partial charge in [0, 0.05) is 37.8 Å². The molecule has 0 atom stereocenters. The molecule has 10 nitrogen and oxygen atoms in total. The van der Waals surface area contributed by atoms with E-state index in [9.17, 15) is 19.8 Å². The third kappa shape index (κ3) is 8.30. The molecule has 0 spiro atoms. The van der Waals surface area contributed by atoms with Gasteiger partial charge in [0.2, 0.25) is 0 Å². The van der Waals surface area contributed by atoms with E-state index in [1.807, 2.05) is 48.5 Å². The van der Waals surface area contributed by atoms with Gasteiger partial charge in [-0.1, -0.05) is 13.2 Å². The van der Waals surface area contributed by atoms with Crippen molar-refractivity contribution in [3.05, 3.63) is 141 Å². The minimum Gasteiger partial charge on any atom is -0.496 e. The molecule has 4 aromatic carbocycles. The molecule has 0 saturated heterocycles. The first kappa shape index (κ1) is 37.7. The number of ether oxygens (including phenoxy) is 6. The largest absolute Gasteiger partial charge is 0.496 e. The Bertz CT molecular complexity index is 1850. The lowest BCUT2D eigenvalue weighted by atomic mass is 9.88. The zero-order valence-electron chi connectivity index (χ0n) is 30.0. The van der Waals surface area contributed by atoms with E-state index < -0.39 is 11.9 Å². The first-order chi connectivity index (χ1) is 25.2. The van der Waals surface area contributed by atoms with E-state index in [0.29, 0.717) is 59.8 Å². The monoisotopic (exact) mass is 708 g/mol. The number of carbonyl (C=O) groups excluding carboxylic acids is 2. The van der Waals surface area contributed by atoms with E-state index in [2.05, 4.69) is 13.2 Å². The van der Waals surface area contributed by atoms with Crippen molar-refractivity contribution in [1.29, 1.82) is 0 Å². The van der Waals surface area contributed by atoms with Gasteiger partial charge in [-0.2, -0.15) is 0 Å². The fraction of sp³-hybridized carbons (Fsp3) is 0.286. The van der Waals surface area contributed by atoms with Crippen LogP contribution >= 0.6 is 0 Å². The number of aliphatic hydroxyl groups excluding tert-OH is 2. The molecule has 10 heteroatoms. The van der Waals surface area contributed by atoms with Gasteiger partial charge in [0.25, 0.3) is 0 Å². The molecule has 0 heterocycles. The standard InChI is InChI=1S/C42H44O10/c1-7-37(45)51-23-27-13-33-18-31-11-25(21-43)9-29(39(31)47-3)17-30-10-26(22-44)12-32(40(30)48-4)19-34-14-28(24-52-38(46)8-2)16-36(42(34)50-6)20-35(15-27)41(33)49-5/h7-16,43-44H,1-2,17-24H2,3-6H3. The summed E-state index contributed by atoms with van der Waals surface area (Å²) in [6.45, 7) is 6.64. The Labute approximate surface area is 303 Å². The molecular weight excluding hydrogens is 664 g/mol. The van der Waals surface area contributed by atoms with Gasteiger partial charge in [-0.25, -0.2) is 9.59 Å². The molecular formula is C42H44O10. The number of methoxy groups -OCH3 is 4. The third-order valence-electron chi connectivity index (χ3n) is 9.01.